The van der Waals surface area contributed by atoms with Crippen LogP contribution in [-0.4, -0.2) is 18.4 Å². The Morgan fingerprint density at radius 2 is 1.89 bits per heavy atom. The predicted octanol–water partition coefficient (Wildman–Crippen LogP) is 5.62. The number of nitrogens with one attached hydrogen (secondary N) is 1. The average Bonchev–Trinajstić information content (AvgIpc) is 3.02. The molecule has 1 amide bonds. The number of ether oxygens (including phenoxy) is 2. The van der Waals surface area contributed by atoms with Gasteiger partial charge in [0.1, 0.15) is 23.2 Å². The summed E-state index contributed by atoms with van der Waals surface area (Å²) in [5.74, 6) is 1.16. The standard InChI is InChI=1S/C20H19ClN2O4/c1-12-18(19(27-23-12)14-8-10-15(25-3)11-9-14)22-20(24)26-13(2)16-6-4-5-7-17(16)21/h4-11,13H,1-3H3,(H,22,24). The zero-order valence-electron chi connectivity index (χ0n) is 15.2. The van der Waals surface area contributed by atoms with Gasteiger partial charge in [0.05, 0.1) is 7.11 Å². The first kappa shape index (κ1) is 18.8. The van der Waals surface area contributed by atoms with Crippen LogP contribution in [0.4, 0.5) is 10.5 Å². The second-order valence-electron chi connectivity index (χ2n) is 5.89. The van der Waals surface area contributed by atoms with Crippen LogP contribution in [0, 0.1) is 6.92 Å². The number of rotatable bonds is 5. The quantitative estimate of drug-likeness (QED) is 0.615. The maximum Gasteiger partial charge on any atom is 0.412 e. The van der Waals surface area contributed by atoms with Gasteiger partial charge in [-0.15, -0.1) is 0 Å². The van der Waals surface area contributed by atoms with Crippen LogP contribution in [0.15, 0.2) is 53.1 Å². The van der Waals surface area contributed by atoms with E-state index in [1.807, 2.05) is 30.3 Å². The third-order valence-corrected chi connectivity index (χ3v) is 4.41. The highest BCUT2D eigenvalue weighted by Gasteiger charge is 2.20. The highest BCUT2D eigenvalue weighted by molar-refractivity contribution is 6.31. The molecule has 1 heterocycles. The summed E-state index contributed by atoms with van der Waals surface area (Å²) in [5.41, 5.74) is 2.48. The number of hydrogen-bond acceptors (Lipinski definition) is 5. The molecule has 0 aliphatic rings. The number of aromatic nitrogens is 1. The van der Waals surface area contributed by atoms with E-state index in [9.17, 15) is 4.79 Å². The molecule has 3 aromatic rings. The van der Waals surface area contributed by atoms with Gasteiger partial charge in [0.15, 0.2) is 5.76 Å². The Balaban J connectivity index is 1.76. The minimum atomic E-state index is -0.622. The Kier molecular flexibility index (Phi) is 5.66. The number of hydrogen-bond donors (Lipinski definition) is 1. The highest BCUT2D eigenvalue weighted by Crippen LogP contribution is 2.32. The summed E-state index contributed by atoms with van der Waals surface area (Å²) in [6.07, 6.45) is -1.13. The molecule has 0 bridgehead atoms. The second-order valence-corrected chi connectivity index (χ2v) is 6.30. The fraction of sp³-hybridized carbons (Fsp3) is 0.200. The van der Waals surface area contributed by atoms with Crippen molar-refractivity contribution in [3.05, 3.63) is 64.8 Å². The maximum atomic E-state index is 12.4. The van der Waals surface area contributed by atoms with Gasteiger partial charge in [0, 0.05) is 16.1 Å². The first-order valence-corrected chi connectivity index (χ1v) is 8.70. The Morgan fingerprint density at radius 1 is 1.19 bits per heavy atom. The van der Waals surface area contributed by atoms with E-state index in [2.05, 4.69) is 10.5 Å². The van der Waals surface area contributed by atoms with Crippen molar-refractivity contribution in [1.29, 1.82) is 0 Å². The summed E-state index contributed by atoms with van der Waals surface area (Å²) >= 11 is 6.15. The lowest BCUT2D eigenvalue weighted by Crippen LogP contribution is -2.17. The fourth-order valence-electron chi connectivity index (χ4n) is 2.62. The van der Waals surface area contributed by atoms with Gasteiger partial charge < -0.3 is 14.0 Å². The maximum absolute atomic E-state index is 12.4. The Labute approximate surface area is 162 Å². The lowest BCUT2D eigenvalue weighted by Gasteiger charge is -2.15. The van der Waals surface area contributed by atoms with Crippen LogP contribution in [0.3, 0.4) is 0 Å². The smallest absolute Gasteiger partial charge is 0.412 e. The molecule has 3 rings (SSSR count). The molecule has 0 radical (unpaired) electrons. The van der Waals surface area contributed by atoms with Gasteiger partial charge in [-0.2, -0.15) is 0 Å². The normalized spacial score (nSPS) is 11.7. The van der Waals surface area contributed by atoms with Crippen LogP contribution in [0.25, 0.3) is 11.3 Å². The lowest BCUT2D eigenvalue weighted by molar-refractivity contribution is 0.121. The van der Waals surface area contributed by atoms with Crippen LogP contribution in [0.5, 0.6) is 5.75 Å². The molecule has 0 spiro atoms. The van der Waals surface area contributed by atoms with Gasteiger partial charge in [-0.3, -0.25) is 5.32 Å². The average molecular weight is 387 g/mol. The van der Waals surface area contributed by atoms with Crippen molar-refractivity contribution < 1.29 is 18.8 Å². The molecule has 1 unspecified atom stereocenters. The lowest BCUT2D eigenvalue weighted by atomic mass is 10.1. The van der Waals surface area contributed by atoms with Crippen LogP contribution in [0.2, 0.25) is 5.02 Å². The number of methoxy groups -OCH3 is 1. The number of halogens is 1. The topological polar surface area (TPSA) is 73.6 Å². The molecule has 0 saturated carbocycles. The van der Waals surface area contributed by atoms with Gasteiger partial charge in [-0.25, -0.2) is 4.79 Å². The second kappa shape index (κ2) is 8.14. The first-order chi connectivity index (χ1) is 13.0. The molecule has 140 valence electrons. The van der Waals surface area contributed by atoms with Crippen molar-refractivity contribution in [3.63, 3.8) is 0 Å². The Morgan fingerprint density at radius 3 is 2.56 bits per heavy atom. The van der Waals surface area contributed by atoms with Gasteiger partial charge in [0.25, 0.3) is 0 Å². The molecule has 1 N–H and O–H groups in total. The molecule has 1 atom stereocenters. The van der Waals surface area contributed by atoms with Crippen LogP contribution < -0.4 is 10.1 Å². The van der Waals surface area contributed by atoms with E-state index in [4.69, 9.17) is 25.6 Å². The number of benzene rings is 2. The molecular formula is C20H19ClN2O4. The Hall–Kier alpha value is -2.99. The van der Waals surface area contributed by atoms with Gasteiger partial charge in [0.2, 0.25) is 0 Å². The number of anilines is 1. The third kappa shape index (κ3) is 4.23. The van der Waals surface area contributed by atoms with E-state index in [1.165, 1.54) is 0 Å². The largest absolute Gasteiger partial charge is 0.497 e. The number of carbonyl (C=O) groups is 1. The molecule has 0 aliphatic carbocycles. The zero-order chi connectivity index (χ0) is 19.4. The van der Waals surface area contributed by atoms with Crippen molar-refractivity contribution in [2.75, 3.05) is 12.4 Å². The number of nitrogens with zero attached hydrogens (tertiary/aromatic N) is 1. The van der Waals surface area contributed by atoms with Crippen molar-refractivity contribution in [1.82, 2.24) is 5.16 Å². The zero-order valence-corrected chi connectivity index (χ0v) is 15.9. The molecule has 2 aromatic carbocycles. The van der Waals surface area contributed by atoms with E-state index in [-0.39, 0.29) is 0 Å². The monoisotopic (exact) mass is 386 g/mol. The number of carbonyl (C=O) groups excluding carboxylic acids is 1. The molecule has 27 heavy (non-hydrogen) atoms. The molecule has 0 fully saturated rings. The summed E-state index contributed by atoms with van der Waals surface area (Å²) in [4.78, 5) is 12.4. The van der Waals surface area contributed by atoms with Crippen LogP contribution in [0.1, 0.15) is 24.3 Å². The van der Waals surface area contributed by atoms with Gasteiger partial charge in [-0.1, -0.05) is 35.0 Å². The van der Waals surface area contributed by atoms with E-state index in [0.717, 1.165) is 16.9 Å². The molecular weight excluding hydrogens is 368 g/mol. The number of aryl methyl sites for hydroxylation is 1. The summed E-state index contributed by atoms with van der Waals surface area (Å²) < 4.78 is 16.0. The highest BCUT2D eigenvalue weighted by atomic mass is 35.5. The van der Waals surface area contributed by atoms with Crippen molar-refractivity contribution in [2.45, 2.75) is 20.0 Å². The van der Waals surface area contributed by atoms with E-state index in [1.54, 1.807) is 39.2 Å². The van der Waals surface area contributed by atoms with E-state index < -0.39 is 12.2 Å². The molecule has 0 aliphatic heterocycles. The summed E-state index contributed by atoms with van der Waals surface area (Å²) in [5, 5.41) is 7.20. The van der Waals surface area contributed by atoms with Crippen molar-refractivity contribution >= 4 is 23.4 Å². The van der Waals surface area contributed by atoms with Gasteiger partial charge >= 0.3 is 6.09 Å². The first-order valence-electron chi connectivity index (χ1n) is 8.32. The predicted molar refractivity (Wildman–Crippen MR) is 103 cm³/mol. The van der Waals surface area contributed by atoms with Crippen molar-refractivity contribution in [3.8, 4) is 17.1 Å². The van der Waals surface area contributed by atoms with Crippen molar-refractivity contribution in [2.24, 2.45) is 0 Å². The van der Waals surface area contributed by atoms with E-state index in [0.29, 0.717) is 22.2 Å². The minimum Gasteiger partial charge on any atom is -0.497 e. The molecule has 6 nitrogen and oxygen atoms in total. The minimum absolute atomic E-state index is 0.442. The SMILES string of the molecule is COc1ccc(-c2onc(C)c2NC(=O)OC(C)c2ccccc2Cl)cc1. The molecule has 0 saturated heterocycles. The number of amides is 1. The van der Waals surface area contributed by atoms with Crippen LogP contribution >= 0.6 is 11.6 Å². The van der Waals surface area contributed by atoms with E-state index >= 15 is 0 Å². The van der Waals surface area contributed by atoms with Crippen LogP contribution in [-0.2, 0) is 4.74 Å². The summed E-state index contributed by atoms with van der Waals surface area (Å²) in [6, 6.07) is 14.5. The third-order valence-electron chi connectivity index (χ3n) is 4.07. The summed E-state index contributed by atoms with van der Waals surface area (Å²) in [7, 11) is 1.59. The fourth-order valence-corrected chi connectivity index (χ4v) is 2.91. The molecule has 1 aromatic heterocycles. The molecule has 7 heteroatoms. The Bertz CT molecular complexity index is 937. The summed E-state index contributed by atoms with van der Waals surface area (Å²) in [6.45, 7) is 3.50. The van der Waals surface area contributed by atoms with Gasteiger partial charge in [-0.05, 0) is 44.2 Å².